The van der Waals surface area contributed by atoms with E-state index in [2.05, 4.69) is 6.92 Å². The van der Waals surface area contributed by atoms with Crippen LogP contribution in [0.1, 0.15) is 64.7 Å². The molecule has 1 N–H and O–H groups in total. The Hall–Kier alpha value is -1.03. The van der Waals surface area contributed by atoms with Gasteiger partial charge in [0.2, 0.25) is 0 Å². The fourth-order valence-corrected chi connectivity index (χ4v) is 6.26. The monoisotopic (exact) mass is 334 g/mol. The van der Waals surface area contributed by atoms with E-state index in [0.717, 1.165) is 37.2 Å². The van der Waals surface area contributed by atoms with Gasteiger partial charge in [-0.15, -0.1) is 0 Å². The summed E-state index contributed by atoms with van der Waals surface area (Å²) in [6.07, 6.45) is 12.0. The SMILES string of the molecule is CCC1(COC=C(CC23CC4CC(CC(C4)C2)C3)C(=O)O)CCO1. The molecule has 4 heteroatoms. The number of carbonyl (C=O) groups is 1. The van der Waals surface area contributed by atoms with E-state index in [1.54, 1.807) is 0 Å². The highest BCUT2D eigenvalue weighted by atomic mass is 16.6. The van der Waals surface area contributed by atoms with E-state index in [4.69, 9.17) is 9.47 Å². The third-order valence-corrected chi connectivity index (χ3v) is 7.19. The van der Waals surface area contributed by atoms with Crippen molar-refractivity contribution in [3.05, 3.63) is 11.8 Å². The molecule has 0 amide bonds. The number of carboxylic acid groups (broad SMARTS) is 1. The largest absolute Gasteiger partial charge is 0.498 e. The van der Waals surface area contributed by atoms with Crippen LogP contribution in [0.3, 0.4) is 0 Å². The molecule has 4 aliphatic carbocycles. The van der Waals surface area contributed by atoms with Gasteiger partial charge in [-0.3, -0.25) is 0 Å². The number of rotatable bonds is 7. The van der Waals surface area contributed by atoms with E-state index < -0.39 is 5.97 Å². The molecule has 0 radical (unpaired) electrons. The molecule has 1 heterocycles. The number of hydrogen-bond donors (Lipinski definition) is 1. The zero-order valence-corrected chi connectivity index (χ0v) is 14.8. The molecule has 5 aliphatic rings. The molecular formula is C20H30O4. The van der Waals surface area contributed by atoms with Crippen LogP contribution in [0.4, 0.5) is 0 Å². The molecule has 0 aromatic rings. The van der Waals surface area contributed by atoms with Crippen molar-refractivity contribution in [1.29, 1.82) is 0 Å². The Morgan fingerprint density at radius 1 is 1.21 bits per heavy atom. The molecule has 0 spiro atoms. The van der Waals surface area contributed by atoms with Crippen LogP contribution in [0.2, 0.25) is 0 Å². The summed E-state index contributed by atoms with van der Waals surface area (Å²) in [5, 5.41) is 9.65. The maximum Gasteiger partial charge on any atom is 0.334 e. The lowest BCUT2D eigenvalue weighted by Crippen LogP contribution is -2.47. The van der Waals surface area contributed by atoms with Gasteiger partial charge in [0.25, 0.3) is 0 Å². The van der Waals surface area contributed by atoms with Gasteiger partial charge >= 0.3 is 5.97 Å². The second kappa shape index (κ2) is 6.05. The van der Waals surface area contributed by atoms with Crippen LogP contribution < -0.4 is 0 Å². The van der Waals surface area contributed by atoms with Gasteiger partial charge in [-0.2, -0.15) is 0 Å². The van der Waals surface area contributed by atoms with Gasteiger partial charge in [0.05, 0.1) is 18.4 Å². The van der Waals surface area contributed by atoms with Gasteiger partial charge in [-0.05, 0) is 74.5 Å². The van der Waals surface area contributed by atoms with Crippen LogP contribution in [-0.2, 0) is 14.3 Å². The molecule has 4 saturated carbocycles. The summed E-state index contributed by atoms with van der Waals surface area (Å²) in [5.41, 5.74) is 0.515. The maximum absolute atomic E-state index is 11.8. The summed E-state index contributed by atoms with van der Waals surface area (Å²) >= 11 is 0. The quantitative estimate of drug-likeness (QED) is 0.561. The number of aliphatic carboxylic acids is 1. The van der Waals surface area contributed by atoms with Gasteiger partial charge in [-0.1, -0.05) is 6.92 Å². The van der Waals surface area contributed by atoms with Crippen LogP contribution in [0.5, 0.6) is 0 Å². The Morgan fingerprint density at radius 3 is 2.21 bits per heavy atom. The summed E-state index contributed by atoms with van der Waals surface area (Å²) in [5.74, 6) is 1.72. The predicted molar refractivity (Wildman–Crippen MR) is 90.5 cm³/mol. The van der Waals surface area contributed by atoms with Crippen LogP contribution in [0.25, 0.3) is 0 Å². The van der Waals surface area contributed by atoms with Crippen LogP contribution in [0, 0.1) is 23.2 Å². The lowest BCUT2D eigenvalue weighted by molar-refractivity contribution is -0.173. The Kier molecular flexibility index (Phi) is 4.14. The van der Waals surface area contributed by atoms with Gasteiger partial charge in [-0.25, -0.2) is 4.79 Å². The molecule has 134 valence electrons. The molecule has 1 unspecified atom stereocenters. The smallest absolute Gasteiger partial charge is 0.334 e. The van der Waals surface area contributed by atoms with Crippen molar-refractivity contribution in [2.75, 3.05) is 13.2 Å². The number of carboxylic acids is 1. The summed E-state index contributed by atoms with van der Waals surface area (Å²) < 4.78 is 11.3. The van der Waals surface area contributed by atoms with E-state index in [1.165, 1.54) is 44.8 Å². The van der Waals surface area contributed by atoms with Crippen molar-refractivity contribution in [1.82, 2.24) is 0 Å². The molecule has 1 atom stereocenters. The Bertz CT molecular complexity index is 491. The first-order valence-corrected chi connectivity index (χ1v) is 9.69. The van der Waals surface area contributed by atoms with Gasteiger partial charge < -0.3 is 14.6 Å². The van der Waals surface area contributed by atoms with Crippen molar-refractivity contribution in [2.45, 2.75) is 70.3 Å². The first kappa shape index (κ1) is 16.4. The van der Waals surface area contributed by atoms with Crippen LogP contribution in [0.15, 0.2) is 11.8 Å². The maximum atomic E-state index is 11.8. The molecule has 5 fully saturated rings. The van der Waals surface area contributed by atoms with Gasteiger partial charge in [0, 0.05) is 6.42 Å². The Balaban J connectivity index is 1.42. The van der Waals surface area contributed by atoms with E-state index >= 15 is 0 Å². The van der Waals surface area contributed by atoms with Crippen molar-refractivity contribution in [3.63, 3.8) is 0 Å². The van der Waals surface area contributed by atoms with Crippen molar-refractivity contribution in [3.8, 4) is 0 Å². The second-order valence-electron chi connectivity index (χ2n) is 8.99. The molecule has 1 aliphatic heterocycles. The molecule has 4 nitrogen and oxygen atoms in total. The summed E-state index contributed by atoms with van der Waals surface area (Å²) in [6, 6.07) is 0. The minimum atomic E-state index is -0.814. The fourth-order valence-electron chi connectivity index (χ4n) is 6.26. The molecule has 0 aromatic heterocycles. The highest BCUT2D eigenvalue weighted by molar-refractivity contribution is 5.86. The van der Waals surface area contributed by atoms with E-state index in [9.17, 15) is 9.90 Å². The van der Waals surface area contributed by atoms with Crippen LogP contribution >= 0.6 is 0 Å². The molecule has 24 heavy (non-hydrogen) atoms. The minimum absolute atomic E-state index is 0.180. The lowest BCUT2D eigenvalue weighted by atomic mass is 9.48. The normalized spacial score (nSPS) is 43.5. The van der Waals surface area contributed by atoms with Gasteiger partial charge in [0.1, 0.15) is 12.2 Å². The Morgan fingerprint density at radius 2 is 1.79 bits per heavy atom. The zero-order valence-electron chi connectivity index (χ0n) is 14.8. The van der Waals surface area contributed by atoms with Crippen molar-refractivity contribution < 1.29 is 19.4 Å². The van der Waals surface area contributed by atoms with Crippen LogP contribution in [-0.4, -0.2) is 29.9 Å². The molecular weight excluding hydrogens is 304 g/mol. The fraction of sp³-hybridized carbons (Fsp3) is 0.850. The number of hydrogen-bond acceptors (Lipinski definition) is 3. The van der Waals surface area contributed by atoms with E-state index in [-0.39, 0.29) is 11.0 Å². The third-order valence-electron chi connectivity index (χ3n) is 7.19. The average molecular weight is 334 g/mol. The highest BCUT2D eigenvalue weighted by Crippen LogP contribution is 2.62. The van der Waals surface area contributed by atoms with Gasteiger partial charge in [0.15, 0.2) is 0 Å². The third kappa shape index (κ3) is 2.98. The van der Waals surface area contributed by atoms with Crippen molar-refractivity contribution in [2.24, 2.45) is 23.2 Å². The van der Waals surface area contributed by atoms with E-state index in [0.29, 0.717) is 18.6 Å². The summed E-state index contributed by atoms with van der Waals surface area (Å²) in [7, 11) is 0. The topological polar surface area (TPSA) is 55.8 Å². The first-order valence-electron chi connectivity index (χ1n) is 9.69. The summed E-state index contributed by atoms with van der Waals surface area (Å²) in [4.78, 5) is 11.8. The number of ether oxygens (including phenoxy) is 2. The van der Waals surface area contributed by atoms with E-state index in [1.807, 2.05) is 0 Å². The minimum Gasteiger partial charge on any atom is -0.498 e. The van der Waals surface area contributed by atoms with Crippen molar-refractivity contribution >= 4 is 5.97 Å². The first-order chi connectivity index (χ1) is 11.5. The molecule has 0 aromatic carbocycles. The molecule has 4 bridgehead atoms. The Labute approximate surface area is 144 Å². The highest BCUT2D eigenvalue weighted by Gasteiger charge is 2.51. The predicted octanol–water partition coefficient (Wildman–Crippen LogP) is 4.15. The molecule has 1 saturated heterocycles. The second-order valence-corrected chi connectivity index (χ2v) is 8.99. The standard InChI is InChI=1S/C20H30O4/c1-2-20(3-4-24-20)13-23-12-17(18(21)22)11-19-8-14-5-15(9-19)7-16(6-14)10-19/h12,14-16H,2-11,13H2,1H3,(H,21,22). The zero-order chi connectivity index (χ0) is 16.8. The molecule has 5 rings (SSSR count). The average Bonchev–Trinajstić information content (AvgIpc) is 2.47. The lowest BCUT2D eigenvalue weighted by Gasteiger charge is -2.57. The summed E-state index contributed by atoms with van der Waals surface area (Å²) in [6.45, 7) is 3.36.